The summed E-state index contributed by atoms with van der Waals surface area (Å²) in [4.78, 5) is 0. The van der Waals surface area contributed by atoms with E-state index in [1.54, 1.807) is 6.08 Å². The highest BCUT2D eigenvalue weighted by Crippen LogP contribution is 2.47. The molecule has 0 aliphatic heterocycles. The summed E-state index contributed by atoms with van der Waals surface area (Å²) in [6.45, 7) is 6.78. The Balaban J connectivity index is 2.91. The molecule has 1 rings (SSSR count). The highest BCUT2D eigenvalue weighted by molar-refractivity contribution is 5.24. The van der Waals surface area contributed by atoms with E-state index in [0.29, 0.717) is 11.3 Å². The summed E-state index contributed by atoms with van der Waals surface area (Å²) in [6.07, 6.45) is 5.38. The average molecular weight is 163 g/mol. The molecule has 0 amide bonds. The van der Waals surface area contributed by atoms with E-state index in [2.05, 4.69) is 26.8 Å². The maximum absolute atomic E-state index is 8.61. The lowest BCUT2D eigenvalue weighted by molar-refractivity contribution is 0.285. The molecule has 0 radical (unpaired) electrons. The van der Waals surface area contributed by atoms with Gasteiger partial charge in [0.1, 0.15) is 0 Å². The summed E-state index contributed by atoms with van der Waals surface area (Å²) in [6, 6.07) is 2.16. The van der Waals surface area contributed by atoms with Crippen LogP contribution in [0.15, 0.2) is 11.6 Å². The third-order valence-electron chi connectivity index (χ3n) is 3.39. The molecule has 1 fully saturated rings. The first-order chi connectivity index (χ1) is 5.61. The van der Waals surface area contributed by atoms with Gasteiger partial charge in [0.15, 0.2) is 0 Å². The van der Waals surface area contributed by atoms with Gasteiger partial charge in [-0.05, 0) is 30.6 Å². The van der Waals surface area contributed by atoms with Crippen LogP contribution >= 0.6 is 0 Å². The largest absolute Gasteiger partial charge is 0.193 e. The highest BCUT2D eigenvalue weighted by atomic mass is 14.4. The third kappa shape index (κ3) is 1.39. The number of rotatable bonds is 1. The first kappa shape index (κ1) is 9.32. The second-order valence-electron chi connectivity index (χ2n) is 4.22. The molecule has 0 aromatic carbocycles. The van der Waals surface area contributed by atoms with E-state index < -0.39 is 0 Å². The van der Waals surface area contributed by atoms with E-state index in [-0.39, 0.29) is 0 Å². The van der Waals surface area contributed by atoms with Crippen LogP contribution in [0.1, 0.15) is 40.0 Å². The quantitative estimate of drug-likeness (QED) is 0.544. The van der Waals surface area contributed by atoms with Gasteiger partial charge in [-0.2, -0.15) is 5.26 Å². The SMILES string of the molecule is CC(C)[C@@]1(C)CCC/C1=C\C#N. The Morgan fingerprint density at radius 2 is 2.25 bits per heavy atom. The standard InChI is InChI=1S/C11H17N/c1-9(2)11(3)7-4-5-10(11)6-8-12/h6,9H,4-5,7H2,1-3H3/b10-6+/t11-/m1/s1. The van der Waals surface area contributed by atoms with Crippen molar-refractivity contribution in [1.82, 2.24) is 0 Å². The normalized spacial score (nSPS) is 32.8. The second-order valence-corrected chi connectivity index (χ2v) is 4.22. The molecule has 1 aliphatic rings. The van der Waals surface area contributed by atoms with Gasteiger partial charge in [-0.3, -0.25) is 0 Å². The van der Waals surface area contributed by atoms with Crippen molar-refractivity contribution in [3.05, 3.63) is 11.6 Å². The van der Waals surface area contributed by atoms with E-state index >= 15 is 0 Å². The van der Waals surface area contributed by atoms with Crippen molar-refractivity contribution in [2.45, 2.75) is 40.0 Å². The Hall–Kier alpha value is -0.770. The van der Waals surface area contributed by atoms with E-state index in [1.807, 2.05) is 0 Å². The number of allylic oxidation sites excluding steroid dienone is 2. The maximum Gasteiger partial charge on any atom is 0.0911 e. The molecule has 0 aromatic rings. The summed E-state index contributed by atoms with van der Waals surface area (Å²) in [5.41, 5.74) is 1.66. The van der Waals surface area contributed by atoms with Crippen LogP contribution in [0.25, 0.3) is 0 Å². The first-order valence-corrected chi connectivity index (χ1v) is 4.70. The Morgan fingerprint density at radius 1 is 1.58 bits per heavy atom. The van der Waals surface area contributed by atoms with Crippen LogP contribution in [-0.4, -0.2) is 0 Å². The molecular weight excluding hydrogens is 146 g/mol. The van der Waals surface area contributed by atoms with Crippen molar-refractivity contribution in [2.75, 3.05) is 0 Å². The van der Waals surface area contributed by atoms with Crippen LogP contribution in [0.5, 0.6) is 0 Å². The monoisotopic (exact) mass is 163 g/mol. The van der Waals surface area contributed by atoms with Crippen LogP contribution < -0.4 is 0 Å². The van der Waals surface area contributed by atoms with Gasteiger partial charge in [0, 0.05) is 6.08 Å². The number of nitriles is 1. The van der Waals surface area contributed by atoms with Crippen molar-refractivity contribution in [2.24, 2.45) is 11.3 Å². The van der Waals surface area contributed by atoms with Crippen molar-refractivity contribution in [3.8, 4) is 6.07 Å². The zero-order valence-corrected chi connectivity index (χ0v) is 8.22. The van der Waals surface area contributed by atoms with Gasteiger partial charge in [0.05, 0.1) is 6.07 Å². The van der Waals surface area contributed by atoms with Crippen LogP contribution in [0, 0.1) is 22.7 Å². The predicted octanol–water partition coefficient (Wildman–Crippen LogP) is 3.28. The van der Waals surface area contributed by atoms with Gasteiger partial charge < -0.3 is 0 Å². The molecule has 12 heavy (non-hydrogen) atoms. The van der Waals surface area contributed by atoms with Crippen molar-refractivity contribution in [1.29, 1.82) is 5.26 Å². The second kappa shape index (κ2) is 3.31. The molecule has 0 heterocycles. The lowest BCUT2D eigenvalue weighted by Crippen LogP contribution is -2.21. The zero-order valence-electron chi connectivity index (χ0n) is 8.22. The van der Waals surface area contributed by atoms with E-state index in [0.717, 1.165) is 6.42 Å². The minimum Gasteiger partial charge on any atom is -0.193 e. The number of nitrogens with zero attached hydrogens (tertiary/aromatic N) is 1. The number of hydrogen-bond acceptors (Lipinski definition) is 1. The van der Waals surface area contributed by atoms with Gasteiger partial charge in [0.2, 0.25) is 0 Å². The lowest BCUT2D eigenvalue weighted by Gasteiger charge is -2.30. The zero-order chi connectivity index (χ0) is 9.19. The molecule has 1 saturated carbocycles. The van der Waals surface area contributed by atoms with Crippen molar-refractivity contribution >= 4 is 0 Å². The Labute approximate surface area is 75.1 Å². The molecule has 0 N–H and O–H groups in total. The van der Waals surface area contributed by atoms with E-state index in [1.165, 1.54) is 18.4 Å². The summed E-state index contributed by atoms with van der Waals surface area (Å²) in [5, 5.41) is 8.61. The van der Waals surface area contributed by atoms with Gasteiger partial charge in [-0.25, -0.2) is 0 Å². The predicted molar refractivity (Wildman–Crippen MR) is 50.5 cm³/mol. The molecular formula is C11H17N. The molecule has 1 heteroatoms. The topological polar surface area (TPSA) is 23.8 Å². The van der Waals surface area contributed by atoms with Crippen LogP contribution in [0.4, 0.5) is 0 Å². The van der Waals surface area contributed by atoms with Gasteiger partial charge in [-0.15, -0.1) is 0 Å². The van der Waals surface area contributed by atoms with Crippen LogP contribution in [0.2, 0.25) is 0 Å². The molecule has 0 spiro atoms. The summed E-state index contributed by atoms with van der Waals surface area (Å²) >= 11 is 0. The van der Waals surface area contributed by atoms with Crippen LogP contribution in [0.3, 0.4) is 0 Å². The fourth-order valence-corrected chi connectivity index (χ4v) is 2.07. The van der Waals surface area contributed by atoms with Crippen molar-refractivity contribution < 1.29 is 0 Å². The van der Waals surface area contributed by atoms with Gasteiger partial charge in [0.25, 0.3) is 0 Å². The van der Waals surface area contributed by atoms with Crippen molar-refractivity contribution in [3.63, 3.8) is 0 Å². The molecule has 66 valence electrons. The Bertz CT molecular complexity index is 232. The fourth-order valence-electron chi connectivity index (χ4n) is 2.07. The number of hydrogen-bond donors (Lipinski definition) is 0. The molecule has 1 nitrogen and oxygen atoms in total. The molecule has 0 bridgehead atoms. The Morgan fingerprint density at radius 3 is 2.75 bits per heavy atom. The highest BCUT2D eigenvalue weighted by Gasteiger charge is 2.36. The maximum atomic E-state index is 8.61. The minimum absolute atomic E-state index is 0.301. The fraction of sp³-hybridized carbons (Fsp3) is 0.727. The average Bonchev–Trinajstić information content (AvgIpc) is 2.35. The van der Waals surface area contributed by atoms with Crippen LogP contribution in [-0.2, 0) is 0 Å². The molecule has 0 saturated heterocycles. The molecule has 0 aromatic heterocycles. The van der Waals surface area contributed by atoms with E-state index in [4.69, 9.17) is 5.26 Å². The first-order valence-electron chi connectivity index (χ1n) is 4.70. The molecule has 1 aliphatic carbocycles. The minimum atomic E-state index is 0.301. The third-order valence-corrected chi connectivity index (χ3v) is 3.39. The summed E-state index contributed by atoms with van der Waals surface area (Å²) < 4.78 is 0. The lowest BCUT2D eigenvalue weighted by atomic mass is 9.74. The molecule has 0 unspecified atom stereocenters. The van der Waals surface area contributed by atoms with E-state index in [9.17, 15) is 0 Å². The molecule has 1 atom stereocenters. The summed E-state index contributed by atoms with van der Waals surface area (Å²) in [7, 11) is 0. The van der Waals surface area contributed by atoms with Gasteiger partial charge in [-0.1, -0.05) is 26.3 Å². The smallest absolute Gasteiger partial charge is 0.0911 e. The van der Waals surface area contributed by atoms with Gasteiger partial charge >= 0.3 is 0 Å². The summed E-state index contributed by atoms with van der Waals surface area (Å²) in [5.74, 6) is 0.652. The Kier molecular flexibility index (Phi) is 2.57.